The van der Waals surface area contributed by atoms with Crippen LogP contribution in [-0.4, -0.2) is 27.5 Å². The number of nitro benzene ring substituents is 1. The van der Waals surface area contributed by atoms with Gasteiger partial charge in [0.15, 0.2) is 5.69 Å². The Kier molecular flexibility index (Phi) is 3.13. The first-order chi connectivity index (χ1) is 8.61. The highest BCUT2D eigenvalue weighted by molar-refractivity contribution is 5.89. The van der Waals surface area contributed by atoms with Crippen molar-refractivity contribution >= 4 is 22.7 Å². The lowest BCUT2D eigenvalue weighted by atomic mass is 10.2. The molecule has 18 heavy (non-hydrogen) atoms. The zero-order valence-corrected chi connectivity index (χ0v) is 9.49. The SMILES string of the molecule is CCOC(=O)c1cnc2cc([N+](=O)[O-])ccc2n1. The van der Waals surface area contributed by atoms with E-state index in [9.17, 15) is 14.9 Å². The Morgan fingerprint density at radius 3 is 2.89 bits per heavy atom. The number of carbonyl (C=O) groups is 1. The Labute approximate surface area is 102 Å². The van der Waals surface area contributed by atoms with Gasteiger partial charge >= 0.3 is 5.97 Å². The van der Waals surface area contributed by atoms with Crippen LogP contribution < -0.4 is 0 Å². The van der Waals surface area contributed by atoms with Crippen LogP contribution in [0.4, 0.5) is 5.69 Å². The summed E-state index contributed by atoms with van der Waals surface area (Å²) < 4.78 is 4.79. The highest BCUT2D eigenvalue weighted by Gasteiger charge is 2.12. The molecule has 0 radical (unpaired) electrons. The predicted molar refractivity (Wildman–Crippen MR) is 62.1 cm³/mol. The first-order valence-electron chi connectivity index (χ1n) is 5.20. The van der Waals surface area contributed by atoms with Crippen LogP contribution in [-0.2, 0) is 4.74 Å². The third kappa shape index (κ3) is 2.24. The number of non-ortho nitro benzene ring substituents is 1. The number of rotatable bonds is 3. The first kappa shape index (κ1) is 11.9. The zero-order valence-electron chi connectivity index (χ0n) is 9.49. The number of carbonyl (C=O) groups excluding carboxylic acids is 1. The largest absolute Gasteiger partial charge is 0.461 e. The Bertz CT molecular complexity index is 627. The molecule has 92 valence electrons. The second kappa shape index (κ2) is 4.74. The summed E-state index contributed by atoms with van der Waals surface area (Å²) in [5.41, 5.74) is 0.780. The standard InChI is InChI=1S/C11H9N3O4/c1-2-18-11(15)10-6-12-9-5-7(14(16)17)3-4-8(9)13-10/h3-6H,2H2,1H3. The number of hydrogen-bond acceptors (Lipinski definition) is 6. The van der Waals surface area contributed by atoms with E-state index in [4.69, 9.17) is 4.74 Å². The van der Waals surface area contributed by atoms with Crippen LogP contribution in [0.25, 0.3) is 11.0 Å². The lowest BCUT2D eigenvalue weighted by Crippen LogP contribution is -2.07. The maximum atomic E-state index is 11.4. The maximum Gasteiger partial charge on any atom is 0.358 e. The smallest absolute Gasteiger partial charge is 0.358 e. The minimum absolute atomic E-state index is 0.0688. The minimum atomic E-state index is -0.565. The third-order valence-electron chi connectivity index (χ3n) is 2.22. The average molecular weight is 247 g/mol. The molecule has 0 fully saturated rings. The fourth-order valence-electron chi connectivity index (χ4n) is 1.42. The number of ether oxygens (including phenoxy) is 1. The molecule has 0 spiro atoms. The molecule has 1 aromatic heterocycles. The Balaban J connectivity index is 2.44. The summed E-state index contributed by atoms with van der Waals surface area (Å²) >= 11 is 0. The molecule has 0 saturated carbocycles. The number of benzene rings is 1. The lowest BCUT2D eigenvalue weighted by molar-refractivity contribution is -0.384. The summed E-state index contributed by atoms with van der Waals surface area (Å²) in [5, 5.41) is 10.6. The highest BCUT2D eigenvalue weighted by atomic mass is 16.6. The van der Waals surface area contributed by atoms with Crippen molar-refractivity contribution in [3.63, 3.8) is 0 Å². The maximum absolute atomic E-state index is 11.4. The normalized spacial score (nSPS) is 10.3. The molecule has 2 aromatic rings. The van der Waals surface area contributed by atoms with E-state index in [1.807, 2.05) is 0 Å². The molecular weight excluding hydrogens is 238 g/mol. The van der Waals surface area contributed by atoms with Gasteiger partial charge in [0.25, 0.3) is 5.69 Å². The molecule has 2 rings (SSSR count). The molecule has 0 bridgehead atoms. The molecule has 0 N–H and O–H groups in total. The van der Waals surface area contributed by atoms with E-state index in [1.165, 1.54) is 24.4 Å². The second-order valence-electron chi connectivity index (χ2n) is 3.41. The van der Waals surface area contributed by atoms with Crippen molar-refractivity contribution in [3.05, 3.63) is 40.2 Å². The molecule has 0 amide bonds. The molecule has 1 aromatic carbocycles. The quantitative estimate of drug-likeness (QED) is 0.465. The van der Waals surface area contributed by atoms with E-state index in [0.29, 0.717) is 11.0 Å². The Morgan fingerprint density at radius 1 is 1.44 bits per heavy atom. The van der Waals surface area contributed by atoms with Crippen molar-refractivity contribution in [2.75, 3.05) is 6.61 Å². The number of nitro groups is 1. The van der Waals surface area contributed by atoms with Crippen molar-refractivity contribution in [2.45, 2.75) is 6.92 Å². The zero-order chi connectivity index (χ0) is 13.1. The van der Waals surface area contributed by atoms with Crippen molar-refractivity contribution in [2.24, 2.45) is 0 Å². The number of aromatic nitrogens is 2. The van der Waals surface area contributed by atoms with Crippen LogP contribution in [0.1, 0.15) is 17.4 Å². The number of esters is 1. The van der Waals surface area contributed by atoms with Gasteiger partial charge in [0.1, 0.15) is 0 Å². The number of fused-ring (bicyclic) bond motifs is 1. The van der Waals surface area contributed by atoms with Gasteiger partial charge in [-0.25, -0.2) is 9.78 Å². The van der Waals surface area contributed by atoms with Crippen LogP contribution in [0.2, 0.25) is 0 Å². The Morgan fingerprint density at radius 2 is 2.22 bits per heavy atom. The molecule has 0 aliphatic rings. The van der Waals surface area contributed by atoms with Crippen LogP contribution in [0.3, 0.4) is 0 Å². The van der Waals surface area contributed by atoms with Crippen molar-refractivity contribution in [3.8, 4) is 0 Å². The summed E-state index contributed by atoms with van der Waals surface area (Å²) in [5.74, 6) is -0.565. The number of nitrogens with zero attached hydrogens (tertiary/aromatic N) is 3. The molecular formula is C11H9N3O4. The first-order valence-corrected chi connectivity index (χ1v) is 5.20. The van der Waals surface area contributed by atoms with Gasteiger partial charge in [-0.2, -0.15) is 0 Å². The van der Waals surface area contributed by atoms with Gasteiger partial charge in [-0.15, -0.1) is 0 Å². The van der Waals surface area contributed by atoms with Gasteiger partial charge < -0.3 is 4.74 Å². The molecule has 1 heterocycles. The lowest BCUT2D eigenvalue weighted by Gasteiger charge is -2.02. The van der Waals surface area contributed by atoms with Crippen molar-refractivity contribution in [1.29, 1.82) is 0 Å². The van der Waals surface area contributed by atoms with Crippen LogP contribution >= 0.6 is 0 Å². The van der Waals surface area contributed by atoms with Gasteiger partial charge in [-0.05, 0) is 13.0 Å². The van der Waals surface area contributed by atoms with Crippen molar-refractivity contribution in [1.82, 2.24) is 9.97 Å². The second-order valence-corrected chi connectivity index (χ2v) is 3.41. The van der Waals surface area contributed by atoms with Gasteiger partial charge in [-0.1, -0.05) is 0 Å². The Hall–Kier alpha value is -2.57. The molecule has 0 saturated heterocycles. The average Bonchev–Trinajstić information content (AvgIpc) is 2.37. The highest BCUT2D eigenvalue weighted by Crippen LogP contribution is 2.17. The summed E-state index contributed by atoms with van der Waals surface area (Å²) in [7, 11) is 0. The molecule has 0 aliphatic carbocycles. The molecule has 7 heteroatoms. The van der Waals surface area contributed by atoms with Gasteiger partial charge in [-0.3, -0.25) is 15.1 Å². The minimum Gasteiger partial charge on any atom is -0.461 e. The molecule has 0 aliphatic heterocycles. The van der Waals surface area contributed by atoms with E-state index in [2.05, 4.69) is 9.97 Å². The van der Waals surface area contributed by atoms with Crippen molar-refractivity contribution < 1.29 is 14.5 Å². The summed E-state index contributed by atoms with van der Waals surface area (Å²) in [4.78, 5) is 29.5. The molecule has 0 atom stereocenters. The molecule has 7 nitrogen and oxygen atoms in total. The topological polar surface area (TPSA) is 95.2 Å². The van der Waals surface area contributed by atoms with E-state index in [-0.39, 0.29) is 18.0 Å². The van der Waals surface area contributed by atoms with E-state index < -0.39 is 10.9 Å². The van der Waals surface area contributed by atoms with Gasteiger partial charge in [0.05, 0.1) is 28.8 Å². The van der Waals surface area contributed by atoms with Crippen LogP contribution in [0.5, 0.6) is 0 Å². The van der Waals surface area contributed by atoms with Gasteiger partial charge in [0, 0.05) is 12.1 Å². The summed E-state index contributed by atoms with van der Waals surface area (Å²) in [6.07, 6.45) is 1.24. The molecule has 0 unspecified atom stereocenters. The van der Waals surface area contributed by atoms with E-state index in [0.717, 1.165) is 0 Å². The van der Waals surface area contributed by atoms with Crippen LogP contribution in [0.15, 0.2) is 24.4 Å². The third-order valence-corrected chi connectivity index (χ3v) is 2.22. The fourth-order valence-corrected chi connectivity index (χ4v) is 1.42. The summed E-state index contributed by atoms with van der Waals surface area (Å²) in [6, 6.07) is 4.06. The van der Waals surface area contributed by atoms with Crippen LogP contribution in [0, 0.1) is 10.1 Å². The van der Waals surface area contributed by atoms with Gasteiger partial charge in [0.2, 0.25) is 0 Å². The van der Waals surface area contributed by atoms with E-state index >= 15 is 0 Å². The predicted octanol–water partition coefficient (Wildman–Crippen LogP) is 1.71. The van der Waals surface area contributed by atoms with E-state index in [1.54, 1.807) is 6.92 Å². The monoisotopic (exact) mass is 247 g/mol. The summed E-state index contributed by atoms with van der Waals surface area (Å²) in [6.45, 7) is 1.94. The number of hydrogen-bond donors (Lipinski definition) is 0. The fraction of sp³-hybridized carbons (Fsp3) is 0.182.